The first-order chi connectivity index (χ1) is 9.23. The van der Waals surface area contributed by atoms with E-state index >= 15 is 0 Å². The van der Waals surface area contributed by atoms with Crippen molar-refractivity contribution in [2.24, 2.45) is 5.73 Å². The molecule has 1 saturated heterocycles. The van der Waals surface area contributed by atoms with Gasteiger partial charge in [-0.2, -0.15) is 0 Å². The number of carbonyl (C=O) groups is 1. The van der Waals surface area contributed by atoms with Crippen LogP contribution >= 0.6 is 0 Å². The van der Waals surface area contributed by atoms with Crippen LogP contribution in [0.25, 0.3) is 0 Å². The fourth-order valence-electron chi connectivity index (χ4n) is 2.70. The van der Waals surface area contributed by atoms with Gasteiger partial charge in [-0.1, -0.05) is 60.7 Å². The first-order valence-electron chi connectivity index (χ1n) is 6.32. The lowest BCUT2D eigenvalue weighted by molar-refractivity contribution is -0.146. The molecule has 3 rings (SSSR count). The molecule has 0 saturated carbocycles. The van der Waals surface area contributed by atoms with E-state index in [1.54, 1.807) is 0 Å². The van der Waals surface area contributed by atoms with E-state index in [4.69, 9.17) is 10.5 Å². The lowest BCUT2D eigenvalue weighted by atomic mass is 9.81. The third-order valence-electron chi connectivity index (χ3n) is 3.59. The number of benzene rings is 2. The fraction of sp³-hybridized carbons (Fsp3) is 0.188. The predicted molar refractivity (Wildman–Crippen MR) is 72.3 cm³/mol. The molecule has 1 atom stereocenters. The van der Waals surface area contributed by atoms with E-state index in [0.717, 1.165) is 11.1 Å². The van der Waals surface area contributed by atoms with Crippen molar-refractivity contribution in [3.63, 3.8) is 0 Å². The van der Waals surface area contributed by atoms with Crippen LogP contribution in [0.3, 0.4) is 0 Å². The van der Waals surface area contributed by atoms with Gasteiger partial charge in [-0.05, 0) is 0 Å². The van der Waals surface area contributed by atoms with Crippen molar-refractivity contribution in [1.82, 2.24) is 0 Å². The highest BCUT2D eigenvalue weighted by atomic mass is 16.6. The molecule has 2 aromatic carbocycles. The van der Waals surface area contributed by atoms with Crippen molar-refractivity contribution in [2.45, 2.75) is 18.1 Å². The number of esters is 1. The van der Waals surface area contributed by atoms with Crippen LogP contribution in [-0.4, -0.2) is 12.0 Å². The molecule has 0 aliphatic carbocycles. The summed E-state index contributed by atoms with van der Waals surface area (Å²) in [6.45, 7) is 0. The zero-order valence-corrected chi connectivity index (χ0v) is 10.5. The van der Waals surface area contributed by atoms with Gasteiger partial charge in [-0.25, -0.2) is 0 Å². The Morgan fingerprint density at radius 1 is 0.947 bits per heavy atom. The zero-order chi connectivity index (χ0) is 13.3. The number of carbonyl (C=O) groups excluding carboxylic acids is 1. The number of hydrogen-bond acceptors (Lipinski definition) is 3. The summed E-state index contributed by atoms with van der Waals surface area (Å²) in [5.74, 6) is -0.250. The third-order valence-corrected chi connectivity index (χ3v) is 3.59. The molecule has 0 aromatic heterocycles. The van der Waals surface area contributed by atoms with Crippen LogP contribution in [0.15, 0.2) is 60.7 Å². The molecule has 0 bridgehead atoms. The van der Waals surface area contributed by atoms with E-state index in [2.05, 4.69) is 0 Å². The van der Waals surface area contributed by atoms with Crippen molar-refractivity contribution in [3.05, 3.63) is 71.8 Å². The van der Waals surface area contributed by atoms with Crippen LogP contribution in [0.2, 0.25) is 0 Å². The third kappa shape index (κ3) is 1.83. The monoisotopic (exact) mass is 253 g/mol. The molecule has 0 spiro atoms. The lowest BCUT2D eigenvalue weighted by Gasteiger charge is -2.32. The summed E-state index contributed by atoms with van der Waals surface area (Å²) in [4.78, 5) is 11.7. The van der Waals surface area contributed by atoms with E-state index in [1.165, 1.54) is 0 Å². The number of rotatable bonds is 2. The summed E-state index contributed by atoms with van der Waals surface area (Å²) in [7, 11) is 0. The van der Waals surface area contributed by atoms with Crippen molar-refractivity contribution >= 4 is 5.97 Å². The summed E-state index contributed by atoms with van der Waals surface area (Å²) in [6, 6.07) is 19.0. The Labute approximate surface area is 112 Å². The Kier molecular flexibility index (Phi) is 2.84. The molecule has 1 aliphatic heterocycles. The van der Waals surface area contributed by atoms with E-state index in [-0.39, 0.29) is 18.4 Å². The van der Waals surface area contributed by atoms with E-state index in [1.807, 2.05) is 60.7 Å². The fourth-order valence-corrected chi connectivity index (χ4v) is 2.70. The molecule has 1 heterocycles. The molecule has 1 unspecified atom stereocenters. The zero-order valence-electron chi connectivity index (χ0n) is 10.5. The molecule has 1 fully saturated rings. The van der Waals surface area contributed by atoms with Gasteiger partial charge in [0.1, 0.15) is 0 Å². The van der Waals surface area contributed by atoms with Gasteiger partial charge < -0.3 is 10.5 Å². The van der Waals surface area contributed by atoms with Crippen molar-refractivity contribution in [3.8, 4) is 0 Å². The van der Waals surface area contributed by atoms with Gasteiger partial charge in [0.25, 0.3) is 0 Å². The van der Waals surface area contributed by atoms with Gasteiger partial charge in [0.2, 0.25) is 0 Å². The molecule has 2 N–H and O–H groups in total. The van der Waals surface area contributed by atoms with Crippen LogP contribution < -0.4 is 5.73 Å². The van der Waals surface area contributed by atoms with Crippen molar-refractivity contribution in [2.75, 3.05) is 0 Å². The van der Waals surface area contributed by atoms with Gasteiger partial charge in [0.05, 0.1) is 12.5 Å². The van der Waals surface area contributed by atoms with Crippen molar-refractivity contribution in [1.29, 1.82) is 0 Å². The summed E-state index contributed by atoms with van der Waals surface area (Å²) < 4.78 is 5.67. The quantitative estimate of drug-likeness (QED) is 0.835. The minimum Gasteiger partial charge on any atom is -0.447 e. The second-order valence-electron chi connectivity index (χ2n) is 4.75. The van der Waals surface area contributed by atoms with Crippen LogP contribution in [-0.2, 0) is 15.1 Å². The van der Waals surface area contributed by atoms with Crippen LogP contribution in [0, 0.1) is 0 Å². The Balaban J connectivity index is 2.20. The van der Waals surface area contributed by atoms with Gasteiger partial charge in [-0.3, -0.25) is 4.79 Å². The largest absolute Gasteiger partial charge is 0.447 e. The predicted octanol–water partition coefficient (Wildman–Crippen LogP) is 2.20. The van der Waals surface area contributed by atoms with E-state index in [9.17, 15) is 4.79 Å². The summed E-state index contributed by atoms with van der Waals surface area (Å²) in [5.41, 5.74) is 7.19. The average molecular weight is 253 g/mol. The Morgan fingerprint density at radius 2 is 1.42 bits per heavy atom. The van der Waals surface area contributed by atoms with Gasteiger partial charge in [0, 0.05) is 11.1 Å². The molecule has 19 heavy (non-hydrogen) atoms. The minimum absolute atomic E-state index is 0.240. The maximum absolute atomic E-state index is 11.7. The number of ether oxygens (including phenoxy) is 1. The summed E-state index contributed by atoms with van der Waals surface area (Å²) in [5, 5.41) is 0. The average Bonchev–Trinajstić information content (AvgIpc) is 2.76. The molecule has 0 amide bonds. The highest BCUT2D eigenvalue weighted by molar-refractivity contribution is 5.75. The Bertz CT molecular complexity index is 541. The molecule has 0 radical (unpaired) electrons. The van der Waals surface area contributed by atoms with E-state index in [0.29, 0.717) is 0 Å². The standard InChI is InChI=1S/C16H15NO2/c17-14-11-15(18)19-16(14,12-7-3-1-4-8-12)13-9-5-2-6-10-13/h1-10,14H,11,17H2. The first-order valence-corrected chi connectivity index (χ1v) is 6.32. The first kappa shape index (κ1) is 11.9. The topological polar surface area (TPSA) is 52.3 Å². The number of hydrogen-bond donors (Lipinski definition) is 1. The summed E-state index contributed by atoms with van der Waals surface area (Å²) in [6.07, 6.45) is 0.240. The molecular weight excluding hydrogens is 238 g/mol. The van der Waals surface area contributed by atoms with Crippen LogP contribution in [0.1, 0.15) is 17.5 Å². The maximum Gasteiger partial charge on any atom is 0.308 e. The SMILES string of the molecule is NC1CC(=O)OC1(c1ccccc1)c1ccccc1. The van der Waals surface area contributed by atoms with E-state index < -0.39 is 5.60 Å². The highest BCUT2D eigenvalue weighted by Gasteiger charge is 2.50. The lowest BCUT2D eigenvalue weighted by Crippen LogP contribution is -2.43. The second-order valence-corrected chi connectivity index (χ2v) is 4.75. The van der Waals surface area contributed by atoms with Crippen LogP contribution in [0.5, 0.6) is 0 Å². The molecule has 3 heteroatoms. The van der Waals surface area contributed by atoms with Crippen LogP contribution in [0.4, 0.5) is 0 Å². The van der Waals surface area contributed by atoms with Gasteiger partial charge in [0.15, 0.2) is 5.60 Å². The van der Waals surface area contributed by atoms with Gasteiger partial charge in [-0.15, -0.1) is 0 Å². The normalized spacial score (nSPS) is 21.1. The summed E-state index contributed by atoms with van der Waals surface area (Å²) >= 11 is 0. The molecular formula is C16H15NO2. The maximum atomic E-state index is 11.7. The highest BCUT2D eigenvalue weighted by Crippen LogP contribution is 2.41. The minimum atomic E-state index is -0.862. The number of cyclic esters (lactones) is 1. The molecule has 1 aliphatic rings. The smallest absolute Gasteiger partial charge is 0.308 e. The van der Waals surface area contributed by atoms with Crippen molar-refractivity contribution < 1.29 is 9.53 Å². The Morgan fingerprint density at radius 3 is 1.79 bits per heavy atom. The van der Waals surface area contributed by atoms with Gasteiger partial charge >= 0.3 is 5.97 Å². The molecule has 3 nitrogen and oxygen atoms in total. The Hall–Kier alpha value is -2.13. The second kappa shape index (κ2) is 4.52. The molecule has 2 aromatic rings. The molecule has 96 valence electrons. The number of nitrogens with two attached hydrogens (primary N) is 1.